The van der Waals surface area contributed by atoms with Gasteiger partial charge in [-0.3, -0.25) is 9.69 Å². The topological polar surface area (TPSA) is 44.4 Å². The minimum Gasteiger partial charge on any atom is -0.351 e. The Bertz CT molecular complexity index is 474. The average molecular weight is 279 g/mol. The number of rotatable bonds is 6. The van der Waals surface area contributed by atoms with Gasteiger partial charge in [0.2, 0.25) is 5.91 Å². The number of likely N-dealkylation sites (N-methyl/N-ethyl adjacent to an activating group) is 1. The highest BCUT2D eigenvalue weighted by Crippen LogP contribution is 2.09. The maximum absolute atomic E-state index is 13.1. The first kappa shape index (κ1) is 14.9. The first-order valence-electron chi connectivity index (χ1n) is 7.06. The first-order chi connectivity index (χ1) is 9.60. The standard InChI is InChI=1S/C15H22FN3O/c1-3-19(13-8-17-9-13)10-15(20)18-7-12-4-5-14(16)11(2)6-12/h4-6,13,17H,3,7-10H2,1-2H3,(H,18,20). The van der Waals surface area contributed by atoms with E-state index in [9.17, 15) is 9.18 Å². The van der Waals surface area contributed by atoms with Gasteiger partial charge in [0, 0.05) is 25.7 Å². The van der Waals surface area contributed by atoms with E-state index in [1.807, 2.05) is 0 Å². The number of hydrogen-bond acceptors (Lipinski definition) is 3. The third-order valence-electron chi connectivity index (χ3n) is 3.74. The SMILES string of the molecule is CCN(CC(=O)NCc1ccc(F)c(C)c1)C1CNC1. The van der Waals surface area contributed by atoms with Gasteiger partial charge in [0.1, 0.15) is 5.82 Å². The molecule has 0 aliphatic carbocycles. The lowest BCUT2D eigenvalue weighted by Gasteiger charge is -2.37. The molecule has 2 rings (SSSR count). The molecule has 4 nitrogen and oxygen atoms in total. The second-order valence-corrected chi connectivity index (χ2v) is 5.24. The Morgan fingerprint density at radius 2 is 2.25 bits per heavy atom. The Morgan fingerprint density at radius 3 is 2.80 bits per heavy atom. The molecule has 1 aliphatic heterocycles. The Kier molecular flexibility index (Phi) is 5.09. The summed E-state index contributed by atoms with van der Waals surface area (Å²) in [5, 5.41) is 6.10. The van der Waals surface area contributed by atoms with Crippen LogP contribution in [-0.4, -0.2) is 43.0 Å². The van der Waals surface area contributed by atoms with Gasteiger partial charge >= 0.3 is 0 Å². The molecule has 110 valence electrons. The van der Waals surface area contributed by atoms with Crippen LogP contribution in [0.4, 0.5) is 4.39 Å². The van der Waals surface area contributed by atoms with Crippen LogP contribution in [0.5, 0.6) is 0 Å². The summed E-state index contributed by atoms with van der Waals surface area (Å²) >= 11 is 0. The van der Waals surface area contributed by atoms with Crippen molar-refractivity contribution in [3.8, 4) is 0 Å². The van der Waals surface area contributed by atoms with Crippen molar-refractivity contribution in [2.45, 2.75) is 26.4 Å². The third-order valence-corrected chi connectivity index (χ3v) is 3.74. The van der Waals surface area contributed by atoms with Crippen LogP contribution in [0.15, 0.2) is 18.2 Å². The highest BCUT2D eigenvalue weighted by molar-refractivity contribution is 5.78. The molecule has 1 aromatic carbocycles. The van der Waals surface area contributed by atoms with E-state index in [1.54, 1.807) is 19.1 Å². The molecule has 1 amide bonds. The molecule has 5 heteroatoms. The van der Waals surface area contributed by atoms with Crippen molar-refractivity contribution in [3.05, 3.63) is 35.1 Å². The quantitative estimate of drug-likeness (QED) is 0.818. The summed E-state index contributed by atoms with van der Waals surface area (Å²) in [7, 11) is 0. The smallest absolute Gasteiger partial charge is 0.234 e. The number of halogens is 1. The first-order valence-corrected chi connectivity index (χ1v) is 7.06. The van der Waals surface area contributed by atoms with Crippen molar-refractivity contribution in [3.63, 3.8) is 0 Å². The number of carbonyl (C=O) groups is 1. The number of amides is 1. The van der Waals surface area contributed by atoms with Crippen LogP contribution in [0.1, 0.15) is 18.1 Å². The maximum atomic E-state index is 13.1. The van der Waals surface area contributed by atoms with Gasteiger partial charge in [0.05, 0.1) is 6.54 Å². The van der Waals surface area contributed by atoms with E-state index in [0.29, 0.717) is 24.7 Å². The van der Waals surface area contributed by atoms with Crippen LogP contribution in [-0.2, 0) is 11.3 Å². The normalized spacial score (nSPS) is 15.2. The predicted octanol–water partition coefficient (Wildman–Crippen LogP) is 1.04. The molecule has 1 aromatic rings. The molecule has 20 heavy (non-hydrogen) atoms. The van der Waals surface area contributed by atoms with Gasteiger partial charge in [-0.05, 0) is 30.7 Å². The van der Waals surface area contributed by atoms with Crippen molar-refractivity contribution < 1.29 is 9.18 Å². The fourth-order valence-electron chi connectivity index (χ4n) is 2.29. The molecule has 0 spiro atoms. The van der Waals surface area contributed by atoms with Gasteiger partial charge < -0.3 is 10.6 Å². The van der Waals surface area contributed by atoms with Crippen molar-refractivity contribution in [1.29, 1.82) is 0 Å². The lowest BCUT2D eigenvalue weighted by atomic mass is 10.1. The molecule has 0 unspecified atom stereocenters. The van der Waals surface area contributed by atoms with Crippen molar-refractivity contribution >= 4 is 5.91 Å². The van der Waals surface area contributed by atoms with Gasteiger partial charge in [-0.1, -0.05) is 19.1 Å². The average Bonchev–Trinajstić information content (AvgIpc) is 2.37. The molecule has 0 saturated carbocycles. The minimum absolute atomic E-state index is 0.0146. The highest BCUT2D eigenvalue weighted by Gasteiger charge is 2.24. The van der Waals surface area contributed by atoms with Crippen LogP contribution in [0.25, 0.3) is 0 Å². The van der Waals surface area contributed by atoms with Gasteiger partial charge in [-0.2, -0.15) is 0 Å². The summed E-state index contributed by atoms with van der Waals surface area (Å²) < 4.78 is 13.1. The highest BCUT2D eigenvalue weighted by atomic mass is 19.1. The van der Waals surface area contributed by atoms with Crippen LogP contribution >= 0.6 is 0 Å². The molecule has 1 aliphatic rings. The van der Waals surface area contributed by atoms with E-state index < -0.39 is 0 Å². The van der Waals surface area contributed by atoms with Gasteiger partial charge in [-0.15, -0.1) is 0 Å². The van der Waals surface area contributed by atoms with Crippen LogP contribution in [0.2, 0.25) is 0 Å². The van der Waals surface area contributed by atoms with Gasteiger partial charge in [0.15, 0.2) is 0 Å². The summed E-state index contributed by atoms with van der Waals surface area (Å²) in [5.41, 5.74) is 1.53. The van der Waals surface area contributed by atoms with Crippen LogP contribution < -0.4 is 10.6 Å². The molecule has 1 fully saturated rings. The third kappa shape index (κ3) is 3.77. The van der Waals surface area contributed by atoms with Gasteiger partial charge in [0.25, 0.3) is 0 Å². The molecule has 0 atom stereocenters. The summed E-state index contributed by atoms with van der Waals surface area (Å²) in [6, 6.07) is 5.38. The van der Waals surface area contributed by atoms with E-state index in [2.05, 4.69) is 22.5 Å². The number of aryl methyl sites for hydroxylation is 1. The minimum atomic E-state index is -0.213. The monoisotopic (exact) mass is 279 g/mol. The summed E-state index contributed by atoms with van der Waals surface area (Å²) in [6.07, 6.45) is 0. The second kappa shape index (κ2) is 6.81. The van der Waals surface area contributed by atoms with Crippen molar-refractivity contribution in [1.82, 2.24) is 15.5 Å². The molecule has 1 heterocycles. The number of carbonyl (C=O) groups excluding carboxylic acids is 1. The summed E-state index contributed by atoms with van der Waals surface area (Å²) in [5.74, 6) is -0.199. The van der Waals surface area contributed by atoms with E-state index in [1.165, 1.54) is 6.07 Å². The Labute approximate surface area is 119 Å². The summed E-state index contributed by atoms with van der Waals surface area (Å²) in [6.45, 7) is 7.44. The largest absolute Gasteiger partial charge is 0.351 e. The van der Waals surface area contributed by atoms with Crippen LogP contribution in [0, 0.1) is 12.7 Å². The maximum Gasteiger partial charge on any atom is 0.234 e. The lowest BCUT2D eigenvalue weighted by molar-refractivity contribution is -0.123. The number of benzene rings is 1. The van der Waals surface area contributed by atoms with E-state index >= 15 is 0 Å². The number of nitrogens with one attached hydrogen (secondary N) is 2. The van der Waals surface area contributed by atoms with Crippen molar-refractivity contribution in [2.24, 2.45) is 0 Å². The van der Waals surface area contributed by atoms with Crippen molar-refractivity contribution in [2.75, 3.05) is 26.2 Å². The second-order valence-electron chi connectivity index (χ2n) is 5.24. The molecule has 0 bridgehead atoms. The van der Waals surface area contributed by atoms with Crippen LogP contribution in [0.3, 0.4) is 0 Å². The molecule has 1 saturated heterocycles. The zero-order valence-corrected chi connectivity index (χ0v) is 12.1. The zero-order valence-electron chi connectivity index (χ0n) is 12.1. The Morgan fingerprint density at radius 1 is 1.50 bits per heavy atom. The Hall–Kier alpha value is -1.46. The zero-order chi connectivity index (χ0) is 14.5. The number of hydrogen-bond donors (Lipinski definition) is 2. The lowest BCUT2D eigenvalue weighted by Crippen LogP contribution is -2.58. The predicted molar refractivity (Wildman–Crippen MR) is 76.9 cm³/mol. The molecule has 0 aromatic heterocycles. The fraction of sp³-hybridized carbons (Fsp3) is 0.533. The van der Waals surface area contributed by atoms with E-state index in [4.69, 9.17) is 0 Å². The molecule has 0 radical (unpaired) electrons. The molecule has 2 N–H and O–H groups in total. The van der Waals surface area contributed by atoms with E-state index in [-0.39, 0.29) is 11.7 Å². The fourth-order valence-corrected chi connectivity index (χ4v) is 2.29. The summed E-state index contributed by atoms with van der Waals surface area (Å²) in [4.78, 5) is 14.1. The van der Waals surface area contributed by atoms with Gasteiger partial charge in [-0.25, -0.2) is 4.39 Å². The van der Waals surface area contributed by atoms with E-state index in [0.717, 1.165) is 25.2 Å². The Balaban J connectivity index is 1.80. The molecular weight excluding hydrogens is 257 g/mol. The molecular formula is C15H22FN3O. The number of nitrogens with zero attached hydrogens (tertiary/aromatic N) is 1.